The molecule has 3 aromatic carbocycles. The molecule has 0 aliphatic carbocycles. The third-order valence-corrected chi connectivity index (χ3v) is 8.96. The van der Waals surface area contributed by atoms with E-state index in [4.69, 9.17) is 16.3 Å². The molecule has 0 aromatic heterocycles. The van der Waals surface area contributed by atoms with Crippen molar-refractivity contribution in [3.8, 4) is 5.75 Å². The topological polar surface area (TPSA) is 128 Å². The van der Waals surface area contributed by atoms with Crippen LogP contribution in [0.5, 0.6) is 5.75 Å². The van der Waals surface area contributed by atoms with Crippen molar-refractivity contribution in [1.82, 2.24) is 9.80 Å². The Kier molecular flexibility index (Phi) is 10.2. The van der Waals surface area contributed by atoms with Crippen LogP contribution in [0.4, 0.5) is 29.3 Å². The SMILES string of the molecule is C[C@@H]1CN([C@@H](C)CO)C(=O)c2cccc(NS(=O)(=O)c3ccc(Cl)cc3)c2O[C@@H]1CN(C)C(=O)Nc1ccc(C(F)(F)F)cc1. The van der Waals surface area contributed by atoms with E-state index in [0.29, 0.717) is 5.02 Å². The maximum Gasteiger partial charge on any atom is 0.416 e. The van der Waals surface area contributed by atoms with Crippen LogP contribution in [0.15, 0.2) is 71.6 Å². The summed E-state index contributed by atoms with van der Waals surface area (Å²) in [4.78, 5) is 29.3. The van der Waals surface area contributed by atoms with Gasteiger partial charge >= 0.3 is 12.2 Å². The molecule has 1 heterocycles. The van der Waals surface area contributed by atoms with E-state index in [1.807, 2.05) is 0 Å². The summed E-state index contributed by atoms with van der Waals surface area (Å²) < 4.78 is 74.1. The first kappa shape index (κ1) is 33.9. The molecule has 0 fully saturated rings. The second kappa shape index (κ2) is 13.5. The molecule has 1 aliphatic rings. The predicted octanol–water partition coefficient (Wildman–Crippen LogP) is 5.54. The second-order valence-electron chi connectivity index (χ2n) is 10.8. The van der Waals surface area contributed by atoms with E-state index in [-0.39, 0.29) is 47.3 Å². The van der Waals surface area contributed by atoms with Crippen LogP contribution in [0, 0.1) is 5.92 Å². The number of alkyl halides is 3. The Morgan fingerprint density at radius 3 is 2.38 bits per heavy atom. The van der Waals surface area contributed by atoms with Gasteiger partial charge in [0.2, 0.25) is 0 Å². The molecular weight excluding hydrogens is 637 g/mol. The van der Waals surface area contributed by atoms with Crippen LogP contribution in [0.2, 0.25) is 5.02 Å². The standard InChI is InChI=1S/C30H32ClF3N4O6S/c1-18-15-38(19(2)17-39)28(40)24-5-4-6-25(36-45(42,43)23-13-9-21(31)10-14-23)27(24)44-26(18)16-37(3)29(41)35-22-11-7-20(8-12-22)30(32,33)34/h4-14,18-19,26,36,39H,15-17H2,1-3H3,(H,35,41)/t18-,19+,26-/m1/s1. The van der Waals surface area contributed by atoms with Crippen LogP contribution in [0.25, 0.3) is 0 Å². The number of fused-ring (bicyclic) bond motifs is 1. The maximum atomic E-state index is 13.7. The largest absolute Gasteiger partial charge is 0.485 e. The minimum Gasteiger partial charge on any atom is -0.485 e. The Labute approximate surface area is 263 Å². The van der Waals surface area contributed by atoms with Gasteiger partial charge in [-0.25, -0.2) is 13.2 Å². The number of nitrogens with zero attached hydrogens (tertiary/aromatic N) is 2. The van der Waals surface area contributed by atoms with Gasteiger partial charge in [-0.05, 0) is 67.6 Å². The van der Waals surface area contributed by atoms with Crippen molar-refractivity contribution in [2.24, 2.45) is 5.92 Å². The zero-order valence-corrected chi connectivity index (χ0v) is 26.1. The minimum absolute atomic E-state index is 0.0247. The molecular formula is C30H32ClF3N4O6S. The summed E-state index contributed by atoms with van der Waals surface area (Å²) in [5, 5.41) is 12.8. The van der Waals surface area contributed by atoms with Crippen LogP contribution in [-0.2, 0) is 16.2 Å². The summed E-state index contributed by atoms with van der Waals surface area (Å²) in [6, 6.07) is 12.6. The van der Waals surface area contributed by atoms with Gasteiger partial charge in [-0.3, -0.25) is 9.52 Å². The third kappa shape index (κ3) is 7.99. The predicted molar refractivity (Wildman–Crippen MR) is 163 cm³/mol. The lowest BCUT2D eigenvalue weighted by molar-refractivity contribution is -0.137. The normalized spacial score (nSPS) is 17.8. The molecule has 15 heteroatoms. The molecule has 242 valence electrons. The molecule has 45 heavy (non-hydrogen) atoms. The Morgan fingerprint density at radius 1 is 1.13 bits per heavy atom. The smallest absolute Gasteiger partial charge is 0.416 e. The summed E-state index contributed by atoms with van der Waals surface area (Å²) in [6.45, 7) is 3.19. The number of benzene rings is 3. The van der Waals surface area contributed by atoms with Gasteiger partial charge in [0.05, 0.1) is 40.9 Å². The molecule has 10 nitrogen and oxygen atoms in total. The minimum atomic E-state index is -4.52. The van der Waals surface area contributed by atoms with Gasteiger partial charge in [0.15, 0.2) is 5.75 Å². The number of carbonyl (C=O) groups excluding carboxylic acids is 2. The number of aliphatic hydroxyl groups excluding tert-OH is 1. The lowest BCUT2D eigenvalue weighted by Crippen LogP contribution is -2.50. The number of amides is 3. The van der Waals surface area contributed by atoms with Gasteiger partial charge in [-0.15, -0.1) is 0 Å². The molecule has 3 amide bonds. The summed E-state index contributed by atoms with van der Waals surface area (Å²) in [5.41, 5.74) is -0.698. The quantitative estimate of drug-likeness (QED) is 0.289. The first-order chi connectivity index (χ1) is 21.1. The average Bonchev–Trinajstić information content (AvgIpc) is 2.98. The van der Waals surface area contributed by atoms with Crippen molar-refractivity contribution < 1.29 is 41.0 Å². The molecule has 0 radical (unpaired) electrons. The summed E-state index contributed by atoms with van der Waals surface area (Å²) in [6.07, 6.45) is -5.32. The molecule has 3 aromatic rings. The molecule has 0 spiro atoms. The number of nitrogens with one attached hydrogen (secondary N) is 2. The molecule has 3 atom stereocenters. The van der Waals surface area contributed by atoms with Crippen LogP contribution in [0.1, 0.15) is 29.8 Å². The Hall–Kier alpha value is -4.01. The number of hydrogen-bond acceptors (Lipinski definition) is 6. The molecule has 4 rings (SSSR count). The molecule has 0 saturated heterocycles. The zero-order chi connectivity index (χ0) is 33.1. The van der Waals surface area contributed by atoms with Gasteiger partial charge in [-0.2, -0.15) is 13.2 Å². The number of urea groups is 1. The highest BCUT2D eigenvalue weighted by molar-refractivity contribution is 7.92. The van der Waals surface area contributed by atoms with E-state index in [9.17, 15) is 36.3 Å². The van der Waals surface area contributed by atoms with Crippen molar-refractivity contribution in [2.75, 3.05) is 36.8 Å². The number of sulfonamides is 1. The molecule has 0 unspecified atom stereocenters. The van der Waals surface area contributed by atoms with Gasteiger partial charge in [0.1, 0.15) is 6.10 Å². The molecule has 1 aliphatic heterocycles. The van der Waals surface area contributed by atoms with Gasteiger partial charge in [0, 0.05) is 30.2 Å². The van der Waals surface area contributed by atoms with Gasteiger partial charge < -0.3 is 25.0 Å². The second-order valence-corrected chi connectivity index (χ2v) is 12.9. The van der Waals surface area contributed by atoms with E-state index in [1.54, 1.807) is 13.8 Å². The highest BCUT2D eigenvalue weighted by Gasteiger charge is 2.36. The first-order valence-electron chi connectivity index (χ1n) is 13.8. The fourth-order valence-electron chi connectivity index (χ4n) is 4.67. The Bertz CT molecular complexity index is 1640. The van der Waals surface area contributed by atoms with Crippen molar-refractivity contribution in [3.05, 3.63) is 82.9 Å². The van der Waals surface area contributed by atoms with Crippen molar-refractivity contribution in [1.29, 1.82) is 0 Å². The van der Waals surface area contributed by atoms with Crippen LogP contribution >= 0.6 is 11.6 Å². The lowest BCUT2D eigenvalue weighted by Gasteiger charge is -2.38. The van der Waals surface area contributed by atoms with Crippen LogP contribution in [-0.4, -0.2) is 74.2 Å². The number of aliphatic hydroxyl groups is 1. The average molecular weight is 669 g/mol. The van der Waals surface area contributed by atoms with Crippen molar-refractivity contribution in [3.63, 3.8) is 0 Å². The van der Waals surface area contributed by atoms with E-state index in [2.05, 4.69) is 10.0 Å². The van der Waals surface area contributed by atoms with Crippen LogP contribution in [0.3, 0.4) is 0 Å². The van der Waals surface area contributed by atoms with E-state index in [1.165, 1.54) is 59.3 Å². The fraction of sp³-hybridized carbons (Fsp3) is 0.333. The van der Waals surface area contributed by atoms with Gasteiger partial charge in [0.25, 0.3) is 15.9 Å². The summed E-state index contributed by atoms with van der Waals surface area (Å²) >= 11 is 5.91. The number of rotatable bonds is 8. The zero-order valence-electron chi connectivity index (χ0n) is 24.5. The number of hydrogen-bond donors (Lipinski definition) is 3. The number of para-hydroxylation sites is 1. The van der Waals surface area contributed by atoms with E-state index < -0.39 is 51.8 Å². The van der Waals surface area contributed by atoms with E-state index in [0.717, 1.165) is 24.3 Å². The summed E-state index contributed by atoms with van der Waals surface area (Å²) in [7, 11) is -2.69. The van der Waals surface area contributed by atoms with Gasteiger partial charge in [-0.1, -0.05) is 24.6 Å². The highest BCUT2D eigenvalue weighted by atomic mass is 35.5. The number of carbonyl (C=O) groups is 2. The number of anilines is 2. The number of likely N-dealkylation sites (N-methyl/N-ethyl adjacent to an activating group) is 1. The number of ether oxygens (including phenoxy) is 1. The number of halogens is 4. The maximum absolute atomic E-state index is 13.7. The molecule has 0 saturated carbocycles. The lowest BCUT2D eigenvalue weighted by atomic mass is 9.99. The Balaban J connectivity index is 1.64. The third-order valence-electron chi connectivity index (χ3n) is 7.32. The Morgan fingerprint density at radius 2 is 1.78 bits per heavy atom. The van der Waals surface area contributed by atoms with Crippen molar-refractivity contribution in [2.45, 2.75) is 37.1 Å². The monoisotopic (exact) mass is 668 g/mol. The van der Waals surface area contributed by atoms with Crippen molar-refractivity contribution >= 4 is 44.9 Å². The van der Waals surface area contributed by atoms with E-state index >= 15 is 0 Å². The van der Waals surface area contributed by atoms with Crippen LogP contribution < -0.4 is 14.8 Å². The summed E-state index contributed by atoms with van der Waals surface area (Å²) in [5.74, 6) is -0.987. The highest BCUT2D eigenvalue weighted by Crippen LogP contribution is 2.36. The molecule has 3 N–H and O–H groups in total. The first-order valence-corrected chi connectivity index (χ1v) is 15.7. The molecule has 0 bridgehead atoms. The fourth-order valence-corrected chi connectivity index (χ4v) is 5.86.